The van der Waals surface area contributed by atoms with E-state index in [1.807, 2.05) is 0 Å². The third-order valence-electron chi connectivity index (χ3n) is 3.32. The van der Waals surface area contributed by atoms with E-state index in [9.17, 15) is 5.11 Å². The molecule has 0 amide bonds. The largest absolute Gasteiger partial charge is 0.396 e. The Balaban J connectivity index is 2.69. The third kappa shape index (κ3) is 3.86. The molecule has 1 aromatic heterocycles. The van der Waals surface area contributed by atoms with E-state index < -0.39 is 0 Å². The number of aliphatic hydroxyl groups excluding tert-OH is 1. The molecule has 16 heavy (non-hydrogen) atoms. The molecule has 1 nitrogen and oxygen atoms in total. The smallest absolute Gasteiger partial charge is 0.0490 e. The zero-order valence-electron chi connectivity index (χ0n) is 10.1. The summed E-state index contributed by atoms with van der Waals surface area (Å²) < 4.78 is 1.16. The number of hydrogen-bond acceptors (Lipinski definition) is 2. The second-order valence-corrected chi connectivity index (χ2v) is 6.43. The van der Waals surface area contributed by atoms with E-state index in [1.54, 1.807) is 11.3 Å². The molecule has 0 aliphatic rings. The molecule has 1 N–H and O–H groups in total. The van der Waals surface area contributed by atoms with Gasteiger partial charge in [0.15, 0.2) is 0 Å². The topological polar surface area (TPSA) is 20.2 Å². The van der Waals surface area contributed by atoms with Crippen LogP contribution in [0.1, 0.15) is 44.4 Å². The van der Waals surface area contributed by atoms with Gasteiger partial charge in [0.2, 0.25) is 0 Å². The number of rotatable bonds is 7. The minimum atomic E-state index is 0.0975. The highest BCUT2D eigenvalue weighted by atomic mass is 79.9. The number of aliphatic hydroxyl groups is 1. The lowest BCUT2D eigenvalue weighted by Gasteiger charge is -2.30. The van der Waals surface area contributed by atoms with Crippen LogP contribution in [-0.2, 0) is 6.42 Å². The highest BCUT2D eigenvalue weighted by molar-refractivity contribution is 9.10. The fourth-order valence-electron chi connectivity index (χ4n) is 2.00. The van der Waals surface area contributed by atoms with E-state index in [0.717, 1.165) is 23.7 Å². The molecule has 0 aliphatic carbocycles. The summed E-state index contributed by atoms with van der Waals surface area (Å²) in [6.45, 7) is 4.70. The Bertz CT molecular complexity index is 305. The van der Waals surface area contributed by atoms with E-state index in [2.05, 4.69) is 41.2 Å². The van der Waals surface area contributed by atoms with Crippen LogP contribution < -0.4 is 0 Å². The SMILES string of the molecule is CCCCC(CC)(CO)Cc1cc(Br)cs1. The van der Waals surface area contributed by atoms with Crippen LogP contribution in [0.2, 0.25) is 0 Å². The van der Waals surface area contributed by atoms with E-state index in [1.165, 1.54) is 17.7 Å². The molecule has 0 saturated heterocycles. The molecule has 1 aromatic rings. The highest BCUT2D eigenvalue weighted by Gasteiger charge is 2.27. The Morgan fingerprint density at radius 1 is 1.44 bits per heavy atom. The average molecular weight is 305 g/mol. The Morgan fingerprint density at radius 3 is 2.62 bits per heavy atom. The van der Waals surface area contributed by atoms with Gasteiger partial charge in [0.25, 0.3) is 0 Å². The second kappa shape index (κ2) is 6.77. The zero-order chi connectivity index (χ0) is 12.0. The summed E-state index contributed by atoms with van der Waals surface area (Å²) in [5, 5.41) is 11.8. The van der Waals surface area contributed by atoms with Crippen LogP contribution in [0.3, 0.4) is 0 Å². The minimum Gasteiger partial charge on any atom is -0.396 e. The second-order valence-electron chi connectivity index (χ2n) is 4.52. The molecule has 3 heteroatoms. The summed E-state index contributed by atoms with van der Waals surface area (Å²) in [5.74, 6) is 0. The van der Waals surface area contributed by atoms with Crippen molar-refractivity contribution in [3.05, 3.63) is 20.8 Å². The van der Waals surface area contributed by atoms with Gasteiger partial charge in [-0.3, -0.25) is 0 Å². The van der Waals surface area contributed by atoms with Crippen molar-refractivity contribution < 1.29 is 5.11 Å². The lowest BCUT2D eigenvalue weighted by Crippen LogP contribution is -2.27. The fraction of sp³-hybridized carbons (Fsp3) is 0.692. The van der Waals surface area contributed by atoms with Gasteiger partial charge in [-0.2, -0.15) is 0 Å². The lowest BCUT2D eigenvalue weighted by atomic mass is 9.77. The molecule has 0 saturated carbocycles. The lowest BCUT2D eigenvalue weighted by molar-refractivity contribution is 0.108. The number of unbranched alkanes of at least 4 members (excludes halogenated alkanes) is 1. The first kappa shape index (κ1) is 14.2. The molecule has 92 valence electrons. The Kier molecular flexibility index (Phi) is 6.01. The van der Waals surface area contributed by atoms with Gasteiger partial charge in [0.05, 0.1) is 0 Å². The first-order valence-corrected chi connectivity index (χ1v) is 7.67. The van der Waals surface area contributed by atoms with Gasteiger partial charge in [-0.15, -0.1) is 11.3 Å². The summed E-state index contributed by atoms with van der Waals surface area (Å²) in [7, 11) is 0. The van der Waals surface area contributed by atoms with E-state index in [-0.39, 0.29) is 5.41 Å². The molecule has 1 rings (SSSR count). The molecule has 1 unspecified atom stereocenters. The Hall–Kier alpha value is 0.140. The average Bonchev–Trinajstić information content (AvgIpc) is 2.70. The maximum atomic E-state index is 9.66. The molecule has 0 bridgehead atoms. The van der Waals surface area contributed by atoms with Crippen LogP contribution >= 0.6 is 27.3 Å². The van der Waals surface area contributed by atoms with E-state index in [4.69, 9.17) is 0 Å². The monoisotopic (exact) mass is 304 g/mol. The van der Waals surface area contributed by atoms with Crippen LogP contribution in [-0.4, -0.2) is 11.7 Å². The molecule has 0 radical (unpaired) electrons. The highest BCUT2D eigenvalue weighted by Crippen LogP contribution is 2.35. The van der Waals surface area contributed by atoms with Gasteiger partial charge in [0.1, 0.15) is 0 Å². The summed E-state index contributed by atoms with van der Waals surface area (Å²) in [6.07, 6.45) is 5.61. The molecule has 1 heterocycles. The van der Waals surface area contributed by atoms with Crippen molar-refractivity contribution in [1.29, 1.82) is 0 Å². The molecular weight excluding hydrogens is 284 g/mol. The normalized spacial score (nSPS) is 15.0. The molecule has 1 atom stereocenters. The molecule has 0 aromatic carbocycles. The summed E-state index contributed by atoms with van der Waals surface area (Å²) in [4.78, 5) is 1.37. The van der Waals surface area contributed by atoms with Gasteiger partial charge in [-0.05, 0) is 46.7 Å². The molecule has 0 aliphatic heterocycles. The minimum absolute atomic E-state index is 0.0975. The van der Waals surface area contributed by atoms with Gasteiger partial charge in [-0.1, -0.05) is 26.7 Å². The Labute approximate surface area is 111 Å². The number of halogens is 1. The van der Waals surface area contributed by atoms with Gasteiger partial charge in [0, 0.05) is 21.3 Å². The molecule has 0 fully saturated rings. The van der Waals surface area contributed by atoms with Crippen molar-refractivity contribution in [2.45, 2.75) is 46.0 Å². The van der Waals surface area contributed by atoms with Crippen molar-refractivity contribution in [2.24, 2.45) is 5.41 Å². The van der Waals surface area contributed by atoms with Crippen molar-refractivity contribution in [3.63, 3.8) is 0 Å². The maximum absolute atomic E-state index is 9.66. The van der Waals surface area contributed by atoms with Crippen LogP contribution in [0.5, 0.6) is 0 Å². The molecule has 0 spiro atoms. The van der Waals surface area contributed by atoms with E-state index in [0.29, 0.717) is 6.61 Å². The first-order chi connectivity index (χ1) is 7.65. The Morgan fingerprint density at radius 2 is 2.19 bits per heavy atom. The van der Waals surface area contributed by atoms with Crippen molar-refractivity contribution >= 4 is 27.3 Å². The van der Waals surface area contributed by atoms with Gasteiger partial charge < -0.3 is 5.11 Å². The third-order valence-corrected chi connectivity index (χ3v) is 5.01. The predicted molar refractivity (Wildman–Crippen MR) is 75.1 cm³/mol. The number of thiophene rings is 1. The van der Waals surface area contributed by atoms with E-state index >= 15 is 0 Å². The first-order valence-electron chi connectivity index (χ1n) is 5.99. The zero-order valence-corrected chi connectivity index (χ0v) is 12.5. The predicted octanol–water partition coefficient (Wildman–Crippen LogP) is 4.63. The number of hydrogen-bond donors (Lipinski definition) is 1. The fourth-order valence-corrected chi connectivity index (χ4v) is 3.63. The summed E-state index contributed by atoms with van der Waals surface area (Å²) >= 11 is 5.27. The van der Waals surface area contributed by atoms with Crippen LogP contribution in [0, 0.1) is 5.41 Å². The van der Waals surface area contributed by atoms with Crippen LogP contribution in [0.25, 0.3) is 0 Å². The van der Waals surface area contributed by atoms with Crippen molar-refractivity contribution in [3.8, 4) is 0 Å². The van der Waals surface area contributed by atoms with Crippen molar-refractivity contribution in [1.82, 2.24) is 0 Å². The van der Waals surface area contributed by atoms with Gasteiger partial charge >= 0.3 is 0 Å². The summed E-state index contributed by atoms with van der Waals surface area (Å²) in [6, 6.07) is 2.18. The maximum Gasteiger partial charge on any atom is 0.0490 e. The van der Waals surface area contributed by atoms with Crippen molar-refractivity contribution in [2.75, 3.05) is 6.61 Å². The molecular formula is C13H21BrOS. The van der Waals surface area contributed by atoms with Crippen LogP contribution in [0.15, 0.2) is 15.9 Å². The summed E-state index contributed by atoms with van der Waals surface area (Å²) in [5.41, 5.74) is 0.0975. The van der Waals surface area contributed by atoms with Gasteiger partial charge in [-0.25, -0.2) is 0 Å². The standard InChI is InChI=1S/C13H21BrOS/c1-3-5-6-13(4-2,10-15)8-12-7-11(14)9-16-12/h7,9,15H,3-6,8,10H2,1-2H3. The quantitative estimate of drug-likeness (QED) is 0.778. The van der Waals surface area contributed by atoms with Crippen LogP contribution in [0.4, 0.5) is 0 Å².